The van der Waals surface area contributed by atoms with Crippen molar-refractivity contribution in [3.8, 4) is 5.75 Å². The second-order valence-corrected chi connectivity index (χ2v) is 6.42. The van der Waals surface area contributed by atoms with Gasteiger partial charge in [0, 0.05) is 12.6 Å². The van der Waals surface area contributed by atoms with Crippen molar-refractivity contribution < 1.29 is 9.53 Å². The molecule has 0 saturated heterocycles. The van der Waals surface area contributed by atoms with E-state index in [1.165, 1.54) is 0 Å². The van der Waals surface area contributed by atoms with Crippen molar-refractivity contribution in [2.75, 3.05) is 13.2 Å². The number of benzene rings is 1. The van der Waals surface area contributed by atoms with Crippen LogP contribution < -0.4 is 15.8 Å². The van der Waals surface area contributed by atoms with E-state index >= 15 is 0 Å². The van der Waals surface area contributed by atoms with Gasteiger partial charge in [-0.1, -0.05) is 6.92 Å². The molecule has 0 heterocycles. The minimum atomic E-state index is -0.120. The molecule has 0 spiro atoms. The Labute approximate surface area is 136 Å². The Morgan fingerprint density at radius 1 is 1.40 bits per heavy atom. The van der Waals surface area contributed by atoms with Crippen LogP contribution in [0.1, 0.15) is 25.8 Å². The summed E-state index contributed by atoms with van der Waals surface area (Å²) in [5, 5.41) is 2.77. The molecule has 4 nitrogen and oxygen atoms in total. The van der Waals surface area contributed by atoms with Crippen LogP contribution in [0.5, 0.6) is 5.75 Å². The summed E-state index contributed by atoms with van der Waals surface area (Å²) in [6, 6.07) is 4.03. The largest absolute Gasteiger partial charge is 0.481 e. The van der Waals surface area contributed by atoms with Gasteiger partial charge in [0.15, 0.2) is 6.61 Å². The van der Waals surface area contributed by atoms with Gasteiger partial charge in [-0.3, -0.25) is 4.79 Å². The Balaban J connectivity index is 2.69. The topological polar surface area (TPSA) is 64.3 Å². The second kappa shape index (κ2) is 8.64. The van der Waals surface area contributed by atoms with Crippen LogP contribution in [0, 0.1) is 0 Å². The first-order chi connectivity index (χ1) is 9.43. The van der Waals surface area contributed by atoms with Crippen LogP contribution in [0.3, 0.4) is 0 Å². The van der Waals surface area contributed by atoms with E-state index < -0.39 is 0 Å². The highest BCUT2D eigenvalue weighted by Gasteiger charge is 2.11. The maximum atomic E-state index is 11.5. The summed E-state index contributed by atoms with van der Waals surface area (Å²) in [5.41, 5.74) is 6.91. The molecule has 1 unspecified atom stereocenters. The molecular formula is C14H20Br2N2O2. The molecule has 0 saturated carbocycles. The number of amides is 1. The van der Waals surface area contributed by atoms with Crippen molar-refractivity contribution in [2.24, 2.45) is 5.73 Å². The molecule has 20 heavy (non-hydrogen) atoms. The highest BCUT2D eigenvalue weighted by Crippen LogP contribution is 2.35. The fraction of sp³-hybridized carbons (Fsp3) is 0.500. The van der Waals surface area contributed by atoms with E-state index in [2.05, 4.69) is 37.2 Å². The number of hydrogen-bond acceptors (Lipinski definition) is 3. The molecule has 0 aliphatic rings. The molecule has 1 aromatic rings. The zero-order valence-corrected chi connectivity index (χ0v) is 14.9. The number of nitrogens with two attached hydrogens (primary N) is 1. The van der Waals surface area contributed by atoms with E-state index in [9.17, 15) is 4.79 Å². The Morgan fingerprint density at radius 3 is 2.50 bits per heavy atom. The minimum absolute atomic E-state index is 0.00381. The molecule has 0 bridgehead atoms. The summed E-state index contributed by atoms with van der Waals surface area (Å²) < 4.78 is 7.17. The summed E-state index contributed by atoms with van der Waals surface area (Å²) in [5.74, 6) is 0.510. The molecule has 0 aromatic heterocycles. The van der Waals surface area contributed by atoms with E-state index in [-0.39, 0.29) is 18.6 Å². The normalized spacial score (nSPS) is 12.1. The van der Waals surface area contributed by atoms with Crippen LogP contribution in [0.4, 0.5) is 0 Å². The Morgan fingerprint density at radius 2 is 2.00 bits per heavy atom. The number of nitrogens with one attached hydrogen (secondary N) is 1. The van der Waals surface area contributed by atoms with Crippen molar-refractivity contribution in [1.82, 2.24) is 5.32 Å². The lowest BCUT2D eigenvalue weighted by atomic mass is 10.1. The van der Waals surface area contributed by atoms with Crippen molar-refractivity contribution >= 4 is 37.8 Å². The molecule has 0 radical (unpaired) electrons. The minimum Gasteiger partial charge on any atom is -0.481 e. The molecule has 0 aliphatic heterocycles. The first-order valence-corrected chi connectivity index (χ1v) is 8.15. The standard InChI is InChI=1S/C14H20Br2N2O2/c1-3-4-18-13(19)8-20-14-11(15)6-10(5-9(2)17)7-12(14)16/h6-7,9H,3-5,8,17H2,1-2H3,(H,18,19). The Kier molecular flexibility index (Phi) is 7.55. The first kappa shape index (κ1) is 17.5. The lowest BCUT2D eigenvalue weighted by molar-refractivity contribution is -0.123. The van der Waals surface area contributed by atoms with Gasteiger partial charge in [0.1, 0.15) is 5.75 Å². The predicted octanol–water partition coefficient (Wildman–Crippen LogP) is 3.01. The molecule has 0 fully saturated rings. The molecule has 3 N–H and O–H groups in total. The van der Waals surface area contributed by atoms with E-state index in [1.54, 1.807) is 0 Å². The molecule has 1 atom stereocenters. The third-order valence-corrected chi connectivity index (χ3v) is 3.71. The van der Waals surface area contributed by atoms with Crippen molar-refractivity contribution in [3.05, 3.63) is 26.6 Å². The molecule has 1 rings (SSSR count). The van der Waals surface area contributed by atoms with Crippen LogP contribution in [-0.4, -0.2) is 25.1 Å². The lowest BCUT2D eigenvalue weighted by Gasteiger charge is -2.13. The van der Waals surface area contributed by atoms with Crippen LogP contribution in [-0.2, 0) is 11.2 Å². The smallest absolute Gasteiger partial charge is 0.257 e. The molecule has 112 valence electrons. The second-order valence-electron chi connectivity index (χ2n) is 4.71. The summed E-state index contributed by atoms with van der Waals surface area (Å²) in [6.45, 7) is 4.64. The van der Waals surface area contributed by atoms with Crippen LogP contribution in [0.25, 0.3) is 0 Å². The third-order valence-electron chi connectivity index (χ3n) is 2.54. The molecule has 0 aliphatic carbocycles. The van der Waals surface area contributed by atoms with Crippen LogP contribution in [0.15, 0.2) is 21.1 Å². The third kappa shape index (κ3) is 5.81. The summed E-state index contributed by atoms with van der Waals surface area (Å²) >= 11 is 6.93. The SMILES string of the molecule is CCCNC(=O)COc1c(Br)cc(CC(C)N)cc1Br. The van der Waals surface area contributed by atoms with Gasteiger partial charge in [0.25, 0.3) is 5.91 Å². The monoisotopic (exact) mass is 406 g/mol. The predicted molar refractivity (Wildman–Crippen MR) is 88.0 cm³/mol. The number of hydrogen-bond donors (Lipinski definition) is 2. The van der Waals surface area contributed by atoms with E-state index in [4.69, 9.17) is 10.5 Å². The number of carbonyl (C=O) groups is 1. The van der Waals surface area contributed by atoms with E-state index in [1.807, 2.05) is 26.0 Å². The Hall–Kier alpha value is -0.590. The molecular weight excluding hydrogens is 388 g/mol. The molecule has 6 heteroatoms. The highest BCUT2D eigenvalue weighted by atomic mass is 79.9. The summed E-state index contributed by atoms with van der Waals surface area (Å²) in [4.78, 5) is 11.5. The number of rotatable bonds is 7. The number of ether oxygens (including phenoxy) is 1. The maximum absolute atomic E-state index is 11.5. The zero-order valence-electron chi connectivity index (χ0n) is 11.7. The maximum Gasteiger partial charge on any atom is 0.257 e. The van der Waals surface area contributed by atoms with Crippen molar-refractivity contribution in [1.29, 1.82) is 0 Å². The van der Waals surface area contributed by atoms with Crippen LogP contribution in [0.2, 0.25) is 0 Å². The fourth-order valence-corrected chi connectivity index (χ4v) is 3.20. The van der Waals surface area contributed by atoms with Gasteiger partial charge in [0.2, 0.25) is 0 Å². The van der Waals surface area contributed by atoms with Gasteiger partial charge in [-0.05, 0) is 69.3 Å². The Bertz CT molecular complexity index is 441. The summed E-state index contributed by atoms with van der Waals surface area (Å²) in [7, 11) is 0. The van der Waals surface area contributed by atoms with Gasteiger partial charge in [-0.25, -0.2) is 0 Å². The summed E-state index contributed by atoms with van der Waals surface area (Å²) in [6.07, 6.45) is 1.69. The van der Waals surface area contributed by atoms with Gasteiger partial charge >= 0.3 is 0 Å². The zero-order chi connectivity index (χ0) is 15.1. The van der Waals surface area contributed by atoms with Crippen LogP contribution >= 0.6 is 31.9 Å². The lowest BCUT2D eigenvalue weighted by Crippen LogP contribution is -2.29. The number of carbonyl (C=O) groups excluding carboxylic acids is 1. The van der Waals surface area contributed by atoms with E-state index in [0.717, 1.165) is 27.4 Å². The number of halogens is 2. The fourth-order valence-electron chi connectivity index (χ4n) is 1.69. The average molecular weight is 408 g/mol. The van der Waals surface area contributed by atoms with Gasteiger partial charge < -0.3 is 15.8 Å². The quantitative estimate of drug-likeness (QED) is 0.730. The van der Waals surface area contributed by atoms with Gasteiger partial charge in [-0.15, -0.1) is 0 Å². The average Bonchev–Trinajstić information content (AvgIpc) is 2.34. The van der Waals surface area contributed by atoms with E-state index in [0.29, 0.717) is 12.3 Å². The van der Waals surface area contributed by atoms with Gasteiger partial charge in [-0.2, -0.15) is 0 Å². The van der Waals surface area contributed by atoms with Crippen molar-refractivity contribution in [3.63, 3.8) is 0 Å². The van der Waals surface area contributed by atoms with Crippen molar-refractivity contribution in [2.45, 2.75) is 32.7 Å². The first-order valence-electron chi connectivity index (χ1n) is 6.57. The highest BCUT2D eigenvalue weighted by molar-refractivity contribution is 9.11. The van der Waals surface area contributed by atoms with Gasteiger partial charge in [0.05, 0.1) is 8.95 Å². The molecule has 1 aromatic carbocycles. The molecule has 1 amide bonds.